The highest BCUT2D eigenvalue weighted by atomic mass is 32.1. The van der Waals surface area contributed by atoms with E-state index in [2.05, 4.69) is 5.32 Å². The van der Waals surface area contributed by atoms with Gasteiger partial charge in [-0.2, -0.15) is 0 Å². The summed E-state index contributed by atoms with van der Waals surface area (Å²) in [7, 11) is 0. The quantitative estimate of drug-likeness (QED) is 0.926. The summed E-state index contributed by atoms with van der Waals surface area (Å²) in [6, 6.07) is 8.75. The summed E-state index contributed by atoms with van der Waals surface area (Å²) in [5.41, 5.74) is 0.639. The first-order chi connectivity index (χ1) is 11.7. The molecule has 3 heterocycles. The summed E-state index contributed by atoms with van der Waals surface area (Å²) >= 11 is 1.59. The molecule has 1 saturated heterocycles. The fraction of sp³-hybridized carbons (Fsp3) is 0.294. The number of hydrogen-bond donors (Lipinski definition) is 1. The molecule has 1 fully saturated rings. The maximum Gasteiger partial charge on any atom is 0.247 e. The summed E-state index contributed by atoms with van der Waals surface area (Å²) < 4.78 is 10.6. The van der Waals surface area contributed by atoms with Crippen molar-refractivity contribution >= 4 is 28.8 Å². The van der Waals surface area contributed by atoms with Crippen molar-refractivity contribution in [2.75, 3.05) is 12.1 Å². The molecule has 2 aliphatic rings. The molecule has 2 amide bonds. The Balaban J connectivity index is 1.47. The Hall–Kier alpha value is -2.54. The predicted molar refractivity (Wildman–Crippen MR) is 89.1 cm³/mol. The van der Waals surface area contributed by atoms with Crippen LogP contribution in [0.25, 0.3) is 0 Å². The first-order valence-corrected chi connectivity index (χ1v) is 8.61. The molecule has 0 spiro atoms. The number of thiophene rings is 1. The van der Waals surface area contributed by atoms with Crippen molar-refractivity contribution in [2.24, 2.45) is 0 Å². The molecule has 1 aromatic carbocycles. The van der Waals surface area contributed by atoms with Crippen molar-refractivity contribution in [3.63, 3.8) is 0 Å². The minimum absolute atomic E-state index is 0.0224. The van der Waals surface area contributed by atoms with Crippen LogP contribution in [0.15, 0.2) is 35.7 Å². The van der Waals surface area contributed by atoms with Gasteiger partial charge in [0.05, 0.1) is 6.54 Å². The Morgan fingerprint density at radius 3 is 3.00 bits per heavy atom. The van der Waals surface area contributed by atoms with Gasteiger partial charge in [0.2, 0.25) is 18.6 Å². The lowest BCUT2D eigenvalue weighted by atomic mass is 10.2. The second kappa shape index (κ2) is 6.16. The van der Waals surface area contributed by atoms with Gasteiger partial charge in [-0.1, -0.05) is 6.07 Å². The third-order valence-electron chi connectivity index (χ3n) is 4.18. The number of anilines is 1. The third-order valence-corrected chi connectivity index (χ3v) is 5.04. The number of nitrogens with zero attached hydrogens (tertiary/aromatic N) is 1. The zero-order valence-electron chi connectivity index (χ0n) is 12.9. The number of fused-ring (bicyclic) bond motifs is 1. The molecule has 2 aromatic rings. The standard InChI is InChI=1S/C17H16N2O4S/c20-16-6-4-13(19(16)9-12-2-1-7-24-12)17(21)18-11-3-5-14-15(8-11)23-10-22-14/h1-3,5,7-8,13H,4,6,9-10H2,(H,18,21)/t13-/m0/s1. The van der Waals surface area contributed by atoms with Gasteiger partial charge in [-0.05, 0) is 30.0 Å². The van der Waals surface area contributed by atoms with Gasteiger partial charge in [0.1, 0.15) is 6.04 Å². The Bertz CT molecular complexity index is 775. The number of carbonyl (C=O) groups is 2. The van der Waals surface area contributed by atoms with Gasteiger partial charge in [-0.15, -0.1) is 11.3 Å². The summed E-state index contributed by atoms with van der Waals surface area (Å²) in [4.78, 5) is 27.5. The lowest BCUT2D eigenvalue weighted by molar-refractivity contribution is -0.133. The van der Waals surface area contributed by atoms with Crippen LogP contribution in [0.4, 0.5) is 5.69 Å². The molecule has 1 aromatic heterocycles. The van der Waals surface area contributed by atoms with Crippen molar-refractivity contribution in [2.45, 2.75) is 25.4 Å². The summed E-state index contributed by atoms with van der Waals surface area (Å²) in [5, 5.41) is 4.85. The minimum atomic E-state index is -0.440. The number of benzene rings is 1. The van der Waals surface area contributed by atoms with E-state index in [4.69, 9.17) is 9.47 Å². The van der Waals surface area contributed by atoms with Crippen LogP contribution in [0, 0.1) is 0 Å². The van der Waals surface area contributed by atoms with Crippen LogP contribution in [-0.2, 0) is 16.1 Å². The SMILES string of the molecule is O=C(Nc1ccc2c(c1)OCO2)[C@@H]1CCC(=O)N1Cc1cccs1. The number of hydrogen-bond acceptors (Lipinski definition) is 5. The molecule has 6 nitrogen and oxygen atoms in total. The van der Waals surface area contributed by atoms with Crippen LogP contribution in [0.3, 0.4) is 0 Å². The number of rotatable bonds is 4. The van der Waals surface area contributed by atoms with Gasteiger partial charge in [0, 0.05) is 23.1 Å². The third kappa shape index (κ3) is 2.82. The van der Waals surface area contributed by atoms with E-state index in [9.17, 15) is 9.59 Å². The molecule has 2 aliphatic heterocycles. The van der Waals surface area contributed by atoms with E-state index in [0.29, 0.717) is 36.6 Å². The van der Waals surface area contributed by atoms with Crippen LogP contribution in [0.2, 0.25) is 0 Å². The Morgan fingerprint density at radius 1 is 1.29 bits per heavy atom. The van der Waals surface area contributed by atoms with Gasteiger partial charge in [-0.25, -0.2) is 0 Å². The lowest BCUT2D eigenvalue weighted by Crippen LogP contribution is -2.40. The minimum Gasteiger partial charge on any atom is -0.454 e. The number of carbonyl (C=O) groups excluding carboxylic acids is 2. The topological polar surface area (TPSA) is 67.9 Å². The lowest BCUT2D eigenvalue weighted by Gasteiger charge is -2.23. The highest BCUT2D eigenvalue weighted by molar-refractivity contribution is 7.09. The molecule has 0 radical (unpaired) electrons. The largest absolute Gasteiger partial charge is 0.454 e. The molecule has 0 unspecified atom stereocenters. The van der Waals surface area contributed by atoms with Gasteiger partial charge in [0.15, 0.2) is 11.5 Å². The maximum absolute atomic E-state index is 12.6. The normalized spacial score (nSPS) is 18.9. The van der Waals surface area contributed by atoms with Crippen molar-refractivity contribution in [1.82, 2.24) is 4.90 Å². The predicted octanol–water partition coefficient (Wildman–Crippen LogP) is 2.61. The van der Waals surface area contributed by atoms with E-state index < -0.39 is 6.04 Å². The second-order valence-corrected chi connectivity index (χ2v) is 6.75. The van der Waals surface area contributed by atoms with Crippen LogP contribution in [-0.4, -0.2) is 29.5 Å². The number of nitrogens with one attached hydrogen (secondary N) is 1. The van der Waals surface area contributed by atoms with Gasteiger partial charge >= 0.3 is 0 Å². The maximum atomic E-state index is 12.6. The Kier molecular flexibility index (Phi) is 3.86. The Morgan fingerprint density at radius 2 is 2.17 bits per heavy atom. The number of likely N-dealkylation sites (tertiary alicyclic amines) is 1. The fourth-order valence-electron chi connectivity index (χ4n) is 2.97. The van der Waals surface area contributed by atoms with Gasteiger partial charge in [-0.3, -0.25) is 9.59 Å². The summed E-state index contributed by atoms with van der Waals surface area (Å²) in [5.74, 6) is 1.14. The molecule has 0 saturated carbocycles. The van der Waals surface area contributed by atoms with E-state index in [-0.39, 0.29) is 18.6 Å². The average molecular weight is 344 g/mol. The molecule has 1 atom stereocenters. The number of amides is 2. The van der Waals surface area contributed by atoms with Crippen LogP contribution in [0.1, 0.15) is 17.7 Å². The summed E-state index contributed by atoms with van der Waals surface area (Å²) in [6.07, 6.45) is 0.950. The number of ether oxygens (including phenoxy) is 2. The van der Waals surface area contributed by atoms with Crippen LogP contribution >= 0.6 is 11.3 Å². The van der Waals surface area contributed by atoms with Crippen molar-refractivity contribution in [1.29, 1.82) is 0 Å². The van der Waals surface area contributed by atoms with Crippen molar-refractivity contribution in [3.8, 4) is 11.5 Å². The van der Waals surface area contributed by atoms with Crippen molar-refractivity contribution in [3.05, 3.63) is 40.6 Å². The second-order valence-electron chi connectivity index (χ2n) is 5.71. The zero-order chi connectivity index (χ0) is 16.5. The molecule has 24 heavy (non-hydrogen) atoms. The van der Waals surface area contributed by atoms with Crippen LogP contribution < -0.4 is 14.8 Å². The van der Waals surface area contributed by atoms with Gasteiger partial charge < -0.3 is 19.7 Å². The first-order valence-electron chi connectivity index (χ1n) is 7.73. The highest BCUT2D eigenvalue weighted by Crippen LogP contribution is 2.34. The van der Waals surface area contributed by atoms with E-state index in [1.165, 1.54) is 0 Å². The smallest absolute Gasteiger partial charge is 0.247 e. The van der Waals surface area contributed by atoms with E-state index in [1.807, 2.05) is 17.5 Å². The molecular formula is C17H16N2O4S. The molecule has 0 aliphatic carbocycles. The average Bonchev–Trinajstić information content (AvgIpc) is 3.30. The Labute approximate surface area is 143 Å². The molecule has 0 bridgehead atoms. The first kappa shape index (κ1) is 15.0. The van der Waals surface area contributed by atoms with E-state index in [1.54, 1.807) is 34.4 Å². The highest BCUT2D eigenvalue weighted by Gasteiger charge is 2.36. The molecular weight excluding hydrogens is 328 g/mol. The molecule has 1 N–H and O–H groups in total. The van der Waals surface area contributed by atoms with Gasteiger partial charge in [0.25, 0.3) is 0 Å². The van der Waals surface area contributed by atoms with E-state index in [0.717, 1.165) is 4.88 Å². The van der Waals surface area contributed by atoms with E-state index >= 15 is 0 Å². The van der Waals surface area contributed by atoms with Crippen LogP contribution in [0.5, 0.6) is 11.5 Å². The molecule has 4 rings (SSSR count). The molecule has 7 heteroatoms. The van der Waals surface area contributed by atoms with Crippen molar-refractivity contribution < 1.29 is 19.1 Å². The molecule has 124 valence electrons. The fourth-order valence-corrected chi connectivity index (χ4v) is 3.68. The summed E-state index contributed by atoms with van der Waals surface area (Å²) in [6.45, 7) is 0.675. The zero-order valence-corrected chi connectivity index (χ0v) is 13.7. The monoisotopic (exact) mass is 344 g/mol.